The van der Waals surface area contributed by atoms with Crippen LogP contribution in [0.4, 0.5) is 5.69 Å². The Morgan fingerprint density at radius 3 is 3.00 bits per heavy atom. The molecule has 2 aromatic heterocycles. The number of aryl methyl sites for hydroxylation is 1. The first-order valence-electron chi connectivity index (χ1n) is 9.37. The number of pyridine rings is 1. The lowest BCUT2D eigenvalue weighted by Crippen LogP contribution is -2.49. The van der Waals surface area contributed by atoms with E-state index in [0.717, 1.165) is 34.8 Å². The monoisotopic (exact) mass is 364 g/mol. The van der Waals surface area contributed by atoms with Crippen LogP contribution in [0.3, 0.4) is 0 Å². The summed E-state index contributed by atoms with van der Waals surface area (Å²) < 4.78 is 8.08. The summed E-state index contributed by atoms with van der Waals surface area (Å²) in [5, 5.41) is 2.94. The third-order valence-corrected chi connectivity index (χ3v) is 4.86. The minimum atomic E-state index is -0.521. The molecule has 0 fully saturated rings. The van der Waals surface area contributed by atoms with Crippen LogP contribution in [0, 0.1) is 6.92 Å². The van der Waals surface area contributed by atoms with Gasteiger partial charge in [-0.05, 0) is 37.1 Å². The van der Waals surface area contributed by atoms with Crippen LogP contribution in [0.2, 0.25) is 0 Å². The quantitative estimate of drug-likeness (QED) is 0.756. The fourth-order valence-corrected chi connectivity index (χ4v) is 3.47. The van der Waals surface area contributed by atoms with Gasteiger partial charge in [-0.25, -0.2) is 4.98 Å². The number of imidazole rings is 1. The molecule has 0 radical (unpaired) electrons. The Morgan fingerprint density at radius 1 is 1.30 bits per heavy atom. The Morgan fingerprint density at radius 2 is 2.15 bits per heavy atom. The van der Waals surface area contributed by atoms with E-state index in [2.05, 4.69) is 32.6 Å². The van der Waals surface area contributed by atoms with Crippen LogP contribution < -0.4 is 15.0 Å². The van der Waals surface area contributed by atoms with Crippen LogP contribution in [-0.4, -0.2) is 34.5 Å². The van der Waals surface area contributed by atoms with Crippen molar-refractivity contribution in [2.24, 2.45) is 0 Å². The number of fused-ring (bicyclic) bond motifs is 2. The van der Waals surface area contributed by atoms with Crippen molar-refractivity contribution in [2.45, 2.75) is 32.9 Å². The highest BCUT2D eigenvalue weighted by atomic mass is 16.5. The van der Waals surface area contributed by atoms with Crippen molar-refractivity contribution >= 4 is 17.2 Å². The molecule has 1 N–H and O–H groups in total. The van der Waals surface area contributed by atoms with Crippen molar-refractivity contribution in [1.29, 1.82) is 0 Å². The Kier molecular flexibility index (Phi) is 4.71. The van der Waals surface area contributed by atoms with Crippen LogP contribution in [-0.2, 0) is 11.3 Å². The van der Waals surface area contributed by atoms with E-state index in [-0.39, 0.29) is 5.91 Å². The highest BCUT2D eigenvalue weighted by Crippen LogP contribution is 2.34. The Bertz CT molecular complexity index is 966. The molecule has 0 saturated carbocycles. The number of anilines is 1. The predicted octanol–water partition coefficient (Wildman–Crippen LogP) is 2.94. The first kappa shape index (κ1) is 17.4. The third kappa shape index (κ3) is 3.35. The lowest BCUT2D eigenvalue weighted by Gasteiger charge is -2.35. The predicted molar refractivity (Wildman–Crippen MR) is 105 cm³/mol. The molecule has 3 aromatic rings. The molecule has 0 unspecified atom stereocenters. The van der Waals surface area contributed by atoms with Gasteiger partial charge in [0.2, 0.25) is 0 Å². The Balaban J connectivity index is 1.63. The van der Waals surface area contributed by atoms with Crippen LogP contribution in [0.25, 0.3) is 5.65 Å². The van der Waals surface area contributed by atoms with Gasteiger partial charge in [0, 0.05) is 12.7 Å². The zero-order valence-electron chi connectivity index (χ0n) is 15.7. The molecular formula is C21H24N4O2. The minimum Gasteiger partial charge on any atom is -0.477 e. The standard InChI is InChI=1S/C21H24N4O2/c1-3-10-22-21(26)19-14-24(17-8-4-5-9-18(17)27-19)13-16-12-23-20-15(2)7-6-11-25(16)20/h4-9,11-12,19H,3,10,13-14H2,1-2H3,(H,22,26)/t19-/m0/s1. The first-order valence-corrected chi connectivity index (χ1v) is 9.37. The summed E-state index contributed by atoms with van der Waals surface area (Å²) in [6.45, 7) is 5.92. The van der Waals surface area contributed by atoms with Crippen LogP contribution in [0.5, 0.6) is 5.75 Å². The number of nitrogens with zero attached hydrogens (tertiary/aromatic N) is 3. The number of hydrogen-bond acceptors (Lipinski definition) is 4. The van der Waals surface area contributed by atoms with Crippen molar-refractivity contribution in [3.63, 3.8) is 0 Å². The first-order chi connectivity index (χ1) is 13.2. The number of amides is 1. The van der Waals surface area contributed by atoms with Gasteiger partial charge in [0.15, 0.2) is 6.10 Å². The molecule has 6 nitrogen and oxygen atoms in total. The number of ether oxygens (including phenoxy) is 1. The Labute approximate surface area is 158 Å². The second kappa shape index (κ2) is 7.31. The van der Waals surface area contributed by atoms with E-state index < -0.39 is 6.10 Å². The summed E-state index contributed by atoms with van der Waals surface area (Å²) in [6, 6.07) is 12.0. The number of hydrogen-bond donors (Lipinski definition) is 1. The maximum Gasteiger partial charge on any atom is 0.262 e. The van der Waals surface area contributed by atoms with E-state index in [0.29, 0.717) is 19.6 Å². The lowest BCUT2D eigenvalue weighted by molar-refractivity contribution is -0.127. The van der Waals surface area contributed by atoms with Crippen molar-refractivity contribution in [3.8, 4) is 5.75 Å². The minimum absolute atomic E-state index is 0.0645. The van der Waals surface area contributed by atoms with E-state index >= 15 is 0 Å². The maximum atomic E-state index is 12.5. The Hall–Kier alpha value is -3.02. The largest absolute Gasteiger partial charge is 0.477 e. The summed E-state index contributed by atoms with van der Waals surface area (Å²) in [5.74, 6) is 0.677. The average Bonchev–Trinajstić information content (AvgIpc) is 3.10. The second-order valence-electron chi connectivity index (χ2n) is 6.88. The molecule has 3 heterocycles. The molecule has 140 valence electrons. The summed E-state index contributed by atoms with van der Waals surface area (Å²) in [6.07, 6.45) is 4.32. The highest BCUT2D eigenvalue weighted by molar-refractivity contribution is 5.83. The molecule has 1 aromatic carbocycles. The zero-order chi connectivity index (χ0) is 18.8. The summed E-state index contributed by atoms with van der Waals surface area (Å²) >= 11 is 0. The van der Waals surface area contributed by atoms with Crippen molar-refractivity contribution in [1.82, 2.24) is 14.7 Å². The smallest absolute Gasteiger partial charge is 0.262 e. The molecule has 0 aliphatic carbocycles. The molecule has 27 heavy (non-hydrogen) atoms. The second-order valence-corrected chi connectivity index (χ2v) is 6.88. The molecule has 1 aliphatic heterocycles. The average molecular weight is 364 g/mol. The summed E-state index contributed by atoms with van der Waals surface area (Å²) in [4.78, 5) is 19.2. The van der Waals surface area contributed by atoms with E-state index in [1.54, 1.807) is 0 Å². The molecule has 0 saturated heterocycles. The summed E-state index contributed by atoms with van der Waals surface area (Å²) in [5.41, 5.74) is 4.19. The maximum absolute atomic E-state index is 12.5. The number of para-hydroxylation sites is 2. The van der Waals surface area contributed by atoms with Crippen LogP contribution >= 0.6 is 0 Å². The zero-order valence-corrected chi connectivity index (χ0v) is 15.7. The molecule has 1 amide bonds. The van der Waals surface area contributed by atoms with Gasteiger partial charge in [0.1, 0.15) is 11.4 Å². The van der Waals surface area contributed by atoms with Gasteiger partial charge >= 0.3 is 0 Å². The van der Waals surface area contributed by atoms with Crippen LogP contribution in [0.15, 0.2) is 48.8 Å². The number of carbonyl (C=O) groups is 1. The lowest BCUT2D eigenvalue weighted by atomic mass is 10.1. The van der Waals surface area contributed by atoms with Crippen LogP contribution in [0.1, 0.15) is 24.6 Å². The third-order valence-electron chi connectivity index (χ3n) is 4.86. The number of rotatable bonds is 5. The molecule has 1 aliphatic rings. The van der Waals surface area contributed by atoms with Gasteiger partial charge < -0.3 is 19.4 Å². The van der Waals surface area contributed by atoms with Gasteiger partial charge in [-0.1, -0.05) is 25.1 Å². The topological polar surface area (TPSA) is 58.9 Å². The van der Waals surface area contributed by atoms with Crippen molar-refractivity contribution < 1.29 is 9.53 Å². The van der Waals surface area contributed by atoms with E-state index in [9.17, 15) is 4.79 Å². The van der Waals surface area contributed by atoms with Gasteiger partial charge in [0.05, 0.1) is 30.7 Å². The van der Waals surface area contributed by atoms with Gasteiger partial charge in [-0.2, -0.15) is 0 Å². The summed E-state index contributed by atoms with van der Waals surface area (Å²) in [7, 11) is 0. The number of nitrogens with one attached hydrogen (secondary N) is 1. The van der Waals surface area contributed by atoms with Gasteiger partial charge in [-0.3, -0.25) is 4.79 Å². The molecular weight excluding hydrogens is 340 g/mol. The highest BCUT2D eigenvalue weighted by Gasteiger charge is 2.30. The van der Waals surface area contributed by atoms with E-state index in [1.165, 1.54) is 0 Å². The fourth-order valence-electron chi connectivity index (χ4n) is 3.47. The van der Waals surface area contributed by atoms with E-state index in [4.69, 9.17) is 4.74 Å². The SMILES string of the molecule is CCCNC(=O)[C@@H]1CN(Cc2cnc3c(C)cccn23)c2ccccc2O1. The normalized spacial score (nSPS) is 16.1. The molecule has 4 rings (SSSR count). The van der Waals surface area contributed by atoms with E-state index in [1.807, 2.05) is 49.6 Å². The van der Waals surface area contributed by atoms with Crippen molar-refractivity contribution in [2.75, 3.05) is 18.0 Å². The molecule has 0 spiro atoms. The van der Waals surface area contributed by atoms with Crippen molar-refractivity contribution in [3.05, 3.63) is 60.0 Å². The molecule has 6 heteroatoms. The number of benzene rings is 1. The fraction of sp³-hybridized carbons (Fsp3) is 0.333. The molecule has 0 bridgehead atoms. The number of carbonyl (C=O) groups excluding carboxylic acids is 1. The molecule has 1 atom stereocenters. The number of aromatic nitrogens is 2. The van der Waals surface area contributed by atoms with Gasteiger partial charge in [0.25, 0.3) is 5.91 Å². The van der Waals surface area contributed by atoms with Gasteiger partial charge in [-0.15, -0.1) is 0 Å².